The van der Waals surface area contributed by atoms with Crippen molar-refractivity contribution in [3.8, 4) is 0 Å². The van der Waals surface area contributed by atoms with E-state index in [4.69, 9.17) is 0 Å². The molecule has 1 N–H and O–H groups in total. The average Bonchev–Trinajstić information content (AvgIpc) is 2.51. The maximum absolute atomic E-state index is 12.1. The van der Waals surface area contributed by atoms with Crippen molar-refractivity contribution in [2.75, 3.05) is 30.8 Å². The molecular weight excluding hydrogens is 320 g/mol. The van der Waals surface area contributed by atoms with Gasteiger partial charge in [0, 0.05) is 6.54 Å². The number of esters is 1. The van der Waals surface area contributed by atoms with Gasteiger partial charge in [-0.15, -0.1) is 0 Å². The minimum absolute atomic E-state index is 0.0850. The van der Waals surface area contributed by atoms with Crippen LogP contribution in [0.2, 0.25) is 0 Å². The van der Waals surface area contributed by atoms with Gasteiger partial charge in [0.1, 0.15) is 6.54 Å². The first-order valence-electron chi connectivity index (χ1n) is 7.23. The van der Waals surface area contributed by atoms with Gasteiger partial charge in [-0.25, -0.2) is 13.2 Å². The molecule has 8 heteroatoms. The van der Waals surface area contributed by atoms with Crippen molar-refractivity contribution in [1.29, 1.82) is 0 Å². The number of anilines is 1. The second kappa shape index (κ2) is 8.52. The Morgan fingerprint density at radius 2 is 1.91 bits per heavy atom. The van der Waals surface area contributed by atoms with Crippen LogP contribution in [0.4, 0.5) is 5.69 Å². The van der Waals surface area contributed by atoms with Crippen molar-refractivity contribution in [1.82, 2.24) is 5.32 Å². The molecule has 1 amide bonds. The number of para-hydroxylation sites is 1. The van der Waals surface area contributed by atoms with Crippen molar-refractivity contribution in [2.45, 2.75) is 19.8 Å². The van der Waals surface area contributed by atoms with E-state index in [0.29, 0.717) is 6.54 Å². The fraction of sp³-hybridized carbons (Fsp3) is 0.467. The van der Waals surface area contributed by atoms with Gasteiger partial charge in [-0.3, -0.25) is 9.10 Å². The van der Waals surface area contributed by atoms with Crippen molar-refractivity contribution in [3.63, 3.8) is 0 Å². The molecule has 0 aliphatic rings. The number of unbranched alkanes of at least 4 members (excludes halogenated alkanes) is 1. The highest BCUT2D eigenvalue weighted by Gasteiger charge is 2.25. The Hall–Kier alpha value is -2.09. The van der Waals surface area contributed by atoms with Gasteiger partial charge in [-0.2, -0.15) is 0 Å². The van der Waals surface area contributed by atoms with Gasteiger partial charge in [0.2, 0.25) is 15.9 Å². The van der Waals surface area contributed by atoms with Gasteiger partial charge >= 0.3 is 5.97 Å². The molecule has 0 atom stereocenters. The third kappa shape index (κ3) is 5.55. The predicted octanol–water partition coefficient (Wildman–Crippen LogP) is 1.16. The van der Waals surface area contributed by atoms with Gasteiger partial charge in [-0.1, -0.05) is 25.5 Å². The van der Waals surface area contributed by atoms with Crippen LogP contribution in [-0.4, -0.2) is 46.7 Å². The maximum Gasteiger partial charge on any atom is 0.340 e. The molecule has 0 spiro atoms. The topological polar surface area (TPSA) is 92.8 Å². The van der Waals surface area contributed by atoms with Crippen molar-refractivity contribution >= 4 is 27.6 Å². The van der Waals surface area contributed by atoms with Crippen molar-refractivity contribution in [2.24, 2.45) is 0 Å². The molecule has 1 aromatic carbocycles. The number of sulfonamides is 1. The van der Waals surface area contributed by atoms with Crippen LogP contribution in [0.1, 0.15) is 30.1 Å². The van der Waals surface area contributed by atoms with Crippen LogP contribution < -0.4 is 9.62 Å². The molecule has 1 aromatic rings. The molecule has 0 saturated carbocycles. The summed E-state index contributed by atoms with van der Waals surface area (Å²) in [7, 11) is -2.53. The van der Waals surface area contributed by atoms with Crippen molar-refractivity contribution in [3.05, 3.63) is 29.8 Å². The summed E-state index contributed by atoms with van der Waals surface area (Å²) in [4.78, 5) is 23.8. The lowest BCUT2D eigenvalue weighted by Crippen LogP contribution is -2.41. The highest BCUT2D eigenvalue weighted by atomic mass is 32.2. The van der Waals surface area contributed by atoms with Crippen LogP contribution in [0.25, 0.3) is 0 Å². The Bertz CT molecular complexity index is 658. The fourth-order valence-electron chi connectivity index (χ4n) is 1.95. The average molecular weight is 342 g/mol. The predicted molar refractivity (Wildman–Crippen MR) is 87.9 cm³/mol. The fourth-order valence-corrected chi connectivity index (χ4v) is 2.81. The van der Waals surface area contributed by atoms with Crippen LogP contribution in [0.5, 0.6) is 0 Å². The summed E-state index contributed by atoms with van der Waals surface area (Å²) < 4.78 is 29.7. The number of amides is 1. The number of hydrogen-bond acceptors (Lipinski definition) is 5. The lowest BCUT2D eigenvalue weighted by atomic mass is 10.2. The molecule has 0 aromatic heterocycles. The highest BCUT2D eigenvalue weighted by molar-refractivity contribution is 7.92. The number of benzene rings is 1. The standard InChI is InChI=1S/C15H22N2O5S/c1-4-5-10-16-14(18)11-17(23(3,20)21)13-9-7-6-8-12(13)15(19)22-2/h6-9H,4-5,10-11H2,1-3H3,(H,16,18). The van der Waals surface area contributed by atoms with E-state index < -0.39 is 28.4 Å². The molecule has 0 saturated heterocycles. The van der Waals surface area contributed by atoms with Crippen LogP contribution >= 0.6 is 0 Å². The Kier molecular flexibility index (Phi) is 7.02. The zero-order chi connectivity index (χ0) is 17.5. The summed E-state index contributed by atoms with van der Waals surface area (Å²) in [5, 5.41) is 2.66. The Morgan fingerprint density at radius 1 is 1.26 bits per heavy atom. The van der Waals surface area contributed by atoms with E-state index in [1.54, 1.807) is 12.1 Å². The van der Waals surface area contributed by atoms with E-state index in [1.165, 1.54) is 19.2 Å². The monoisotopic (exact) mass is 342 g/mol. The maximum atomic E-state index is 12.1. The van der Waals surface area contributed by atoms with Gasteiger partial charge in [0.25, 0.3) is 0 Å². The van der Waals surface area contributed by atoms with E-state index in [9.17, 15) is 18.0 Å². The van der Waals surface area contributed by atoms with E-state index >= 15 is 0 Å². The van der Waals surface area contributed by atoms with Gasteiger partial charge in [0.15, 0.2) is 0 Å². The molecule has 0 unspecified atom stereocenters. The molecule has 0 radical (unpaired) electrons. The van der Waals surface area contributed by atoms with Crippen molar-refractivity contribution < 1.29 is 22.7 Å². The minimum Gasteiger partial charge on any atom is -0.465 e. The lowest BCUT2D eigenvalue weighted by Gasteiger charge is -2.23. The number of rotatable bonds is 8. The first-order valence-corrected chi connectivity index (χ1v) is 9.07. The number of nitrogens with one attached hydrogen (secondary N) is 1. The number of methoxy groups -OCH3 is 1. The van der Waals surface area contributed by atoms with Crippen LogP contribution in [0, 0.1) is 0 Å². The summed E-state index contributed by atoms with van der Waals surface area (Å²) in [5.74, 6) is -1.09. The molecule has 0 aliphatic carbocycles. The summed E-state index contributed by atoms with van der Waals surface area (Å²) >= 11 is 0. The SMILES string of the molecule is CCCCNC(=O)CN(c1ccccc1C(=O)OC)S(C)(=O)=O. The molecule has 128 valence electrons. The third-order valence-corrected chi connectivity index (χ3v) is 4.24. The number of nitrogens with zero attached hydrogens (tertiary/aromatic N) is 1. The Morgan fingerprint density at radius 3 is 2.48 bits per heavy atom. The van der Waals surface area contributed by atoms with Crippen LogP contribution in [0.3, 0.4) is 0 Å². The molecule has 0 bridgehead atoms. The van der Waals surface area contributed by atoms with E-state index in [2.05, 4.69) is 10.1 Å². The van der Waals surface area contributed by atoms with Crippen LogP contribution in [-0.2, 0) is 19.6 Å². The molecule has 0 aliphatic heterocycles. The van der Waals surface area contributed by atoms with Crippen LogP contribution in [0.15, 0.2) is 24.3 Å². The molecule has 23 heavy (non-hydrogen) atoms. The second-order valence-electron chi connectivity index (χ2n) is 4.98. The number of ether oxygens (including phenoxy) is 1. The number of carbonyl (C=O) groups is 2. The first-order chi connectivity index (χ1) is 10.8. The second-order valence-corrected chi connectivity index (χ2v) is 6.89. The summed E-state index contributed by atoms with van der Waals surface area (Å²) in [6.45, 7) is 2.07. The summed E-state index contributed by atoms with van der Waals surface area (Å²) in [5.41, 5.74) is 0.203. The highest BCUT2D eigenvalue weighted by Crippen LogP contribution is 2.23. The minimum atomic E-state index is -3.74. The number of hydrogen-bond donors (Lipinski definition) is 1. The van der Waals surface area contributed by atoms with E-state index in [-0.39, 0.29) is 11.3 Å². The smallest absolute Gasteiger partial charge is 0.340 e. The third-order valence-electron chi connectivity index (χ3n) is 3.12. The quantitative estimate of drug-likeness (QED) is 0.565. The normalized spacial score (nSPS) is 10.9. The van der Waals surface area contributed by atoms with Gasteiger partial charge in [-0.05, 0) is 18.6 Å². The zero-order valence-corrected chi connectivity index (χ0v) is 14.4. The zero-order valence-electron chi connectivity index (χ0n) is 13.5. The summed E-state index contributed by atoms with van der Waals surface area (Å²) in [6.07, 6.45) is 2.71. The molecule has 7 nitrogen and oxygen atoms in total. The first kappa shape index (κ1) is 19.0. The number of carbonyl (C=O) groups excluding carboxylic acids is 2. The lowest BCUT2D eigenvalue weighted by molar-refractivity contribution is -0.119. The summed E-state index contributed by atoms with van der Waals surface area (Å²) in [6, 6.07) is 6.10. The molecule has 1 rings (SSSR count). The Balaban J connectivity index is 3.10. The molecule has 0 fully saturated rings. The van der Waals surface area contributed by atoms with Gasteiger partial charge < -0.3 is 10.1 Å². The molecule has 0 heterocycles. The Labute approximate surface area is 136 Å². The van der Waals surface area contributed by atoms with E-state index in [1.807, 2.05) is 6.92 Å². The molecular formula is C15H22N2O5S. The van der Waals surface area contributed by atoms with E-state index in [0.717, 1.165) is 23.4 Å². The largest absolute Gasteiger partial charge is 0.465 e. The van der Waals surface area contributed by atoms with Gasteiger partial charge in [0.05, 0.1) is 24.6 Å².